The van der Waals surface area contributed by atoms with Gasteiger partial charge in [0.1, 0.15) is 5.60 Å². The van der Waals surface area contributed by atoms with E-state index in [2.05, 4.69) is 10.9 Å². The molecule has 2 N–H and O–H groups in total. The molecule has 1 fully saturated rings. The van der Waals surface area contributed by atoms with Gasteiger partial charge in [-0.2, -0.15) is 0 Å². The van der Waals surface area contributed by atoms with Crippen LogP contribution in [0, 0.1) is 5.92 Å². The molecule has 0 unspecified atom stereocenters. The number of carbonyl (C=O) groups is 3. The molecule has 1 aliphatic rings. The number of hydrogen-bond donors (Lipinski definition) is 2. The molecule has 7 nitrogen and oxygen atoms in total. The van der Waals surface area contributed by atoms with E-state index < -0.39 is 5.60 Å². The quantitative estimate of drug-likeness (QED) is 0.538. The van der Waals surface area contributed by atoms with Crippen LogP contribution in [0.1, 0.15) is 40.0 Å². The summed E-state index contributed by atoms with van der Waals surface area (Å²) in [4.78, 5) is 38.6. The molecule has 1 heterocycles. The zero-order valence-corrected chi connectivity index (χ0v) is 18.6. The maximum atomic E-state index is 12.1. The van der Waals surface area contributed by atoms with Gasteiger partial charge in [0.05, 0.1) is 5.75 Å². The van der Waals surface area contributed by atoms with E-state index in [1.807, 2.05) is 32.9 Å². The van der Waals surface area contributed by atoms with Crippen molar-refractivity contribution < 1.29 is 19.1 Å². The van der Waals surface area contributed by atoms with Crippen LogP contribution in [0.2, 0.25) is 5.02 Å². The minimum atomic E-state index is -0.516. The molecule has 1 aromatic carbocycles. The van der Waals surface area contributed by atoms with Gasteiger partial charge in [0.2, 0.25) is 11.8 Å². The van der Waals surface area contributed by atoms with Gasteiger partial charge in [-0.15, -0.1) is 11.8 Å². The molecule has 0 atom stereocenters. The lowest BCUT2D eigenvalue weighted by molar-refractivity contribution is -0.128. The van der Waals surface area contributed by atoms with E-state index in [-0.39, 0.29) is 29.6 Å². The fraction of sp³-hybridized carbons (Fsp3) is 0.550. The summed E-state index contributed by atoms with van der Waals surface area (Å²) in [6.45, 7) is 6.65. The van der Waals surface area contributed by atoms with E-state index >= 15 is 0 Å². The van der Waals surface area contributed by atoms with E-state index in [1.165, 1.54) is 11.8 Å². The van der Waals surface area contributed by atoms with Crippen molar-refractivity contribution in [3.63, 3.8) is 0 Å². The van der Waals surface area contributed by atoms with Gasteiger partial charge in [0.15, 0.2) is 0 Å². The SMILES string of the molecule is CC(C)(C)OC(=O)N1CCC(CC(=O)NNC(=O)CSc2ccc(Cl)cc2)CC1. The van der Waals surface area contributed by atoms with E-state index in [0.717, 1.165) is 17.7 Å². The number of hydrogen-bond acceptors (Lipinski definition) is 5. The van der Waals surface area contributed by atoms with Crippen molar-refractivity contribution in [2.24, 2.45) is 5.92 Å². The summed E-state index contributed by atoms with van der Waals surface area (Å²) in [6.07, 6.45) is 1.46. The zero-order valence-electron chi connectivity index (χ0n) is 17.0. The third-order valence-electron chi connectivity index (χ3n) is 4.27. The van der Waals surface area contributed by atoms with Crippen LogP contribution < -0.4 is 10.9 Å². The highest BCUT2D eigenvalue weighted by atomic mass is 35.5. The molecular formula is C20H28ClN3O4S. The van der Waals surface area contributed by atoms with E-state index in [9.17, 15) is 14.4 Å². The molecule has 0 radical (unpaired) electrons. The fourth-order valence-electron chi connectivity index (χ4n) is 2.81. The Balaban J connectivity index is 1.62. The second-order valence-electron chi connectivity index (χ2n) is 7.95. The summed E-state index contributed by atoms with van der Waals surface area (Å²) >= 11 is 7.19. The Kier molecular flexibility index (Phi) is 8.64. The Morgan fingerprint density at radius 2 is 1.69 bits per heavy atom. The summed E-state index contributed by atoms with van der Waals surface area (Å²) < 4.78 is 5.37. The predicted molar refractivity (Wildman–Crippen MR) is 114 cm³/mol. The Morgan fingerprint density at radius 1 is 1.10 bits per heavy atom. The van der Waals surface area contributed by atoms with Crippen molar-refractivity contribution in [1.82, 2.24) is 15.8 Å². The number of piperidine rings is 1. The minimum absolute atomic E-state index is 0.175. The van der Waals surface area contributed by atoms with Crippen LogP contribution >= 0.6 is 23.4 Å². The lowest BCUT2D eigenvalue weighted by atomic mass is 9.93. The minimum Gasteiger partial charge on any atom is -0.444 e. The molecule has 2 rings (SSSR count). The first-order valence-electron chi connectivity index (χ1n) is 9.56. The van der Waals surface area contributed by atoms with Crippen LogP contribution in [-0.4, -0.2) is 47.3 Å². The molecule has 3 amide bonds. The first-order valence-corrected chi connectivity index (χ1v) is 10.9. The van der Waals surface area contributed by atoms with Crippen molar-refractivity contribution in [3.8, 4) is 0 Å². The van der Waals surface area contributed by atoms with Crippen molar-refractivity contribution >= 4 is 41.3 Å². The summed E-state index contributed by atoms with van der Waals surface area (Å²) in [5.41, 5.74) is 4.38. The number of carbonyl (C=O) groups excluding carboxylic acids is 3. The van der Waals surface area contributed by atoms with Gasteiger partial charge >= 0.3 is 6.09 Å². The first kappa shape index (κ1) is 23.3. The molecule has 160 valence electrons. The number of likely N-dealkylation sites (tertiary alicyclic amines) is 1. The molecule has 1 aliphatic heterocycles. The number of amides is 3. The predicted octanol–water partition coefficient (Wildman–Crippen LogP) is 3.62. The first-order chi connectivity index (χ1) is 13.6. The average molecular weight is 442 g/mol. The molecule has 1 saturated heterocycles. The normalized spacial score (nSPS) is 15.0. The molecule has 9 heteroatoms. The Bertz CT molecular complexity index is 713. The van der Waals surface area contributed by atoms with Gasteiger partial charge < -0.3 is 9.64 Å². The van der Waals surface area contributed by atoms with E-state index in [0.29, 0.717) is 24.5 Å². The second kappa shape index (κ2) is 10.7. The van der Waals surface area contributed by atoms with Gasteiger partial charge in [-0.05, 0) is 63.8 Å². The number of halogens is 1. The molecule has 0 saturated carbocycles. The van der Waals surface area contributed by atoms with Crippen molar-refractivity contribution in [2.45, 2.75) is 50.5 Å². The van der Waals surface area contributed by atoms with E-state index in [1.54, 1.807) is 17.0 Å². The fourth-order valence-corrected chi connectivity index (χ4v) is 3.64. The highest BCUT2D eigenvalue weighted by Gasteiger charge is 2.27. The van der Waals surface area contributed by atoms with E-state index in [4.69, 9.17) is 16.3 Å². The van der Waals surface area contributed by atoms with Crippen LogP contribution in [0.25, 0.3) is 0 Å². The highest BCUT2D eigenvalue weighted by Crippen LogP contribution is 2.22. The molecule has 0 aromatic heterocycles. The largest absolute Gasteiger partial charge is 0.444 e. The lowest BCUT2D eigenvalue weighted by Crippen LogP contribution is -2.45. The Morgan fingerprint density at radius 3 is 2.28 bits per heavy atom. The van der Waals surface area contributed by atoms with Crippen molar-refractivity contribution in [1.29, 1.82) is 0 Å². The van der Waals surface area contributed by atoms with Crippen LogP contribution in [0.15, 0.2) is 29.2 Å². The maximum absolute atomic E-state index is 12.1. The second-order valence-corrected chi connectivity index (χ2v) is 9.44. The van der Waals surface area contributed by atoms with Crippen LogP contribution in [0.3, 0.4) is 0 Å². The molecule has 0 aliphatic carbocycles. The number of benzene rings is 1. The average Bonchev–Trinajstić information content (AvgIpc) is 2.65. The standard InChI is InChI=1S/C20H28ClN3O4S/c1-20(2,3)28-19(27)24-10-8-14(9-11-24)12-17(25)22-23-18(26)13-29-16-6-4-15(21)5-7-16/h4-7,14H,8-13H2,1-3H3,(H,22,25)(H,23,26). The van der Waals surface area contributed by atoms with Gasteiger partial charge in [0, 0.05) is 29.4 Å². The number of nitrogens with zero attached hydrogens (tertiary/aromatic N) is 1. The van der Waals surface area contributed by atoms with Crippen LogP contribution in [-0.2, 0) is 14.3 Å². The summed E-state index contributed by atoms with van der Waals surface area (Å²) in [7, 11) is 0. The Hall–Kier alpha value is -1.93. The van der Waals surface area contributed by atoms with Gasteiger partial charge in [-0.3, -0.25) is 20.4 Å². The van der Waals surface area contributed by atoms with Gasteiger partial charge in [0.25, 0.3) is 0 Å². The third-order valence-corrected chi connectivity index (χ3v) is 5.53. The smallest absolute Gasteiger partial charge is 0.410 e. The number of nitrogens with one attached hydrogen (secondary N) is 2. The molecular weight excluding hydrogens is 414 g/mol. The Labute approximate surface area is 180 Å². The summed E-state index contributed by atoms with van der Waals surface area (Å²) in [5.74, 6) is -0.145. The molecule has 1 aromatic rings. The number of ether oxygens (including phenoxy) is 1. The number of hydrazine groups is 1. The lowest BCUT2D eigenvalue weighted by Gasteiger charge is -2.33. The monoisotopic (exact) mass is 441 g/mol. The zero-order chi connectivity index (χ0) is 21.4. The highest BCUT2D eigenvalue weighted by molar-refractivity contribution is 8.00. The van der Waals surface area contributed by atoms with Crippen molar-refractivity contribution in [2.75, 3.05) is 18.8 Å². The van der Waals surface area contributed by atoms with Gasteiger partial charge in [-0.1, -0.05) is 11.6 Å². The molecule has 0 spiro atoms. The van der Waals surface area contributed by atoms with Crippen LogP contribution in [0.4, 0.5) is 4.79 Å². The summed E-state index contributed by atoms with van der Waals surface area (Å²) in [6, 6.07) is 7.19. The topological polar surface area (TPSA) is 87.7 Å². The molecule has 0 bridgehead atoms. The number of rotatable bonds is 5. The molecule has 29 heavy (non-hydrogen) atoms. The van der Waals surface area contributed by atoms with Crippen LogP contribution in [0.5, 0.6) is 0 Å². The third kappa shape index (κ3) is 8.95. The van der Waals surface area contributed by atoms with Crippen molar-refractivity contribution in [3.05, 3.63) is 29.3 Å². The maximum Gasteiger partial charge on any atom is 0.410 e. The van der Waals surface area contributed by atoms with Gasteiger partial charge in [-0.25, -0.2) is 4.79 Å². The number of thioether (sulfide) groups is 1. The summed E-state index contributed by atoms with van der Waals surface area (Å²) in [5, 5.41) is 0.642.